The molecule has 2 aromatic heterocycles. The number of carbonyl (C=O) groups is 1. The maximum atomic E-state index is 12.1. The van der Waals surface area contributed by atoms with Gasteiger partial charge in [-0.15, -0.1) is 0 Å². The fourth-order valence-electron chi connectivity index (χ4n) is 1.45. The summed E-state index contributed by atoms with van der Waals surface area (Å²) in [6, 6.07) is 3.33. The highest BCUT2D eigenvalue weighted by Crippen LogP contribution is 2.11. The molecule has 106 valence electrons. The molecule has 0 aromatic carbocycles. The van der Waals surface area contributed by atoms with Gasteiger partial charge in [0.05, 0.1) is 17.2 Å². The third-order valence-corrected chi connectivity index (χ3v) is 3.14. The van der Waals surface area contributed by atoms with Crippen molar-refractivity contribution in [3.05, 3.63) is 36.5 Å². The molecular formula is C13H17N5O2. The van der Waals surface area contributed by atoms with E-state index in [1.54, 1.807) is 32.9 Å². The lowest BCUT2D eigenvalue weighted by atomic mass is 9.98. The summed E-state index contributed by atoms with van der Waals surface area (Å²) in [6.07, 6.45) is 3.74. The zero-order valence-corrected chi connectivity index (χ0v) is 11.6. The van der Waals surface area contributed by atoms with Gasteiger partial charge in [0.1, 0.15) is 12.7 Å². The fourth-order valence-corrected chi connectivity index (χ4v) is 1.45. The van der Waals surface area contributed by atoms with Gasteiger partial charge in [-0.1, -0.05) is 0 Å². The number of aliphatic hydroxyl groups is 1. The Morgan fingerprint density at radius 2 is 2.20 bits per heavy atom. The van der Waals surface area contributed by atoms with E-state index in [0.717, 1.165) is 0 Å². The van der Waals surface area contributed by atoms with Crippen LogP contribution in [0.4, 0.5) is 0 Å². The van der Waals surface area contributed by atoms with Crippen LogP contribution in [-0.2, 0) is 0 Å². The van der Waals surface area contributed by atoms with Crippen LogP contribution in [0, 0.1) is 0 Å². The molecule has 2 heterocycles. The number of aromatic nitrogens is 4. The number of carbonyl (C=O) groups excluding carboxylic acids is 1. The van der Waals surface area contributed by atoms with Crippen LogP contribution in [-0.4, -0.2) is 42.4 Å². The summed E-state index contributed by atoms with van der Waals surface area (Å²) in [6.45, 7) is 5.14. The molecule has 1 unspecified atom stereocenters. The first-order chi connectivity index (χ1) is 9.40. The Balaban J connectivity index is 2.12. The number of rotatable bonds is 4. The van der Waals surface area contributed by atoms with Gasteiger partial charge in [-0.2, -0.15) is 5.10 Å². The average molecular weight is 275 g/mol. The van der Waals surface area contributed by atoms with Crippen LogP contribution in [0.25, 0.3) is 5.82 Å². The quantitative estimate of drug-likeness (QED) is 0.850. The van der Waals surface area contributed by atoms with Crippen molar-refractivity contribution in [1.82, 2.24) is 25.1 Å². The van der Waals surface area contributed by atoms with E-state index in [4.69, 9.17) is 0 Å². The predicted molar refractivity (Wildman–Crippen MR) is 72.4 cm³/mol. The summed E-state index contributed by atoms with van der Waals surface area (Å²) >= 11 is 0. The Morgan fingerprint density at radius 3 is 2.70 bits per heavy atom. The van der Waals surface area contributed by atoms with E-state index in [2.05, 4.69) is 20.4 Å². The predicted octanol–water partition coefficient (Wildman–Crippen LogP) is 0.551. The number of hydrogen-bond donors (Lipinski definition) is 2. The second-order valence-electron chi connectivity index (χ2n) is 5.10. The summed E-state index contributed by atoms with van der Waals surface area (Å²) in [5.41, 5.74) is -0.288. The zero-order valence-electron chi connectivity index (χ0n) is 11.6. The van der Waals surface area contributed by atoms with Gasteiger partial charge >= 0.3 is 0 Å². The molecule has 1 atom stereocenters. The van der Waals surface area contributed by atoms with Crippen LogP contribution in [0.1, 0.15) is 31.1 Å². The first-order valence-electron chi connectivity index (χ1n) is 6.22. The minimum absolute atomic E-state index is 0.284. The summed E-state index contributed by atoms with van der Waals surface area (Å²) in [5, 5.41) is 16.3. The number of pyridine rings is 1. The van der Waals surface area contributed by atoms with E-state index in [0.29, 0.717) is 11.4 Å². The molecule has 0 aliphatic carbocycles. The Hall–Kier alpha value is -2.28. The maximum Gasteiger partial charge on any atom is 0.253 e. The van der Waals surface area contributed by atoms with Crippen LogP contribution in [0.2, 0.25) is 0 Å². The Kier molecular flexibility index (Phi) is 3.80. The minimum atomic E-state index is -0.707. The summed E-state index contributed by atoms with van der Waals surface area (Å²) in [5.74, 6) is 0.294. The monoisotopic (exact) mass is 275 g/mol. The maximum absolute atomic E-state index is 12.1. The van der Waals surface area contributed by atoms with Gasteiger partial charge in [0.25, 0.3) is 5.91 Å². The van der Waals surface area contributed by atoms with Crippen LogP contribution in [0.5, 0.6) is 0 Å². The molecule has 0 spiro atoms. The van der Waals surface area contributed by atoms with E-state index < -0.39 is 11.6 Å². The van der Waals surface area contributed by atoms with Crippen LogP contribution < -0.4 is 5.32 Å². The van der Waals surface area contributed by atoms with Crippen molar-refractivity contribution in [2.24, 2.45) is 0 Å². The fraction of sp³-hybridized carbons (Fsp3) is 0.385. The first-order valence-corrected chi connectivity index (χ1v) is 6.22. The highest BCUT2D eigenvalue weighted by atomic mass is 16.3. The van der Waals surface area contributed by atoms with Gasteiger partial charge in [-0.25, -0.2) is 14.6 Å². The summed E-state index contributed by atoms with van der Waals surface area (Å²) in [4.78, 5) is 20.0. The average Bonchev–Trinajstić information content (AvgIpc) is 2.92. The number of hydrogen-bond acceptors (Lipinski definition) is 5. The van der Waals surface area contributed by atoms with E-state index in [-0.39, 0.29) is 5.91 Å². The highest BCUT2D eigenvalue weighted by Gasteiger charge is 2.26. The van der Waals surface area contributed by atoms with Crippen molar-refractivity contribution >= 4 is 5.91 Å². The van der Waals surface area contributed by atoms with Crippen molar-refractivity contribution in [1.29, 1.82) is 0 Å². The van der Waals surface area contributed by atoms with E-state index in [1.807, 2.05) is 0 Å². The molecule has 7 nitrogen and oxygen atoms in total. The normalized spacial score (nSPS) is 13.0. The van der Waals surface area contributed by atoms with Gasteiger partial charge < -0.3 is 10.4 Å². The Bertz CT molecular complexity index is 575. The molecule has 7 heteroatoms. The SMILES string of the molecule is CC(O)C(C)(C)NC(=O)c1ccc(-n2cncn2)nc1. The Morgan fingerprint density at radius 1 is 1.45 bits per heavy atom. The van der Waals surface area contributed by atoms with Crippen LogP contribution in [0.15, 0.2) is 31.0 Å². The lowest BCUT2D eigenvalue weighted by molar-refractivity contribution is 0.0709. The van der Waals surface area contributed by atoms with Crippen molar-refractivity contribution < 1.29 is 9.90 Å². The van der Waals surface area contributed by atoms with Crippen LogP contribution >= 0.6 is 0 Å². The molecule has 0 fully saturated rings. The van der Waals surface area contributed by atoms with E-state index in [1.165, 1.54) is 23.5 Å². The molecule has 0 saturated carbocycles. The molecule has 0 bridgehead atoms. The van der Waals surface area contributed by atoms with E-state index in [9.17, 15) is 9.90 Å². The zero-order chi connectivity index (χ0) is 14.8. The van der Waals surface area contributed by atoms with Crippen LogP contribution in [0.3, 0.4) is 0 Å². The smallest absolute Gasteiger partial charge is 0.253 e. The Labute approximate surface area is 116 Å². The summed E-state index contributed by atoms with van der Waals surface area (Å²) < 4.78 is 1.50. The van der Waals surface area contributed by atoms with Crippen molar-refractivity contribution in [2.75, 3.05) is 0 Å². The molecule has 2 aromatic rings. The van der Waals surface area contributed by atoms with E-state index >= 15 is 0 Å². The lowest BCUT2D eigenvalue weighted by Gasteiger charge is -2.29. The second-order valence-corrected chi connectivity index (χ2v) is 5.10. The minimum Gasteiger partial charge on any atom is -0.391 e. The largest absolute Gasteiger partial charge is 0.391 e. The number of amides is 1. The highest BCUT2D eigenvalue weighted by molar-refractivity contribution is 5.94. The lowest BCUT2D eigenvalue weighted by Crippen LogP contribution is -2.51. The van der Waals surface area contributed by atoms with Crippen molar-refractivity contribution in [3.8, 4) is 5.82 Å². The van der Waals surface area contributed by atoms with Gasteiger partial charge in [-0.3, -0.25) is 4.79 Å². The van der Waals surface area contributed by atoms with Gasteiger partial charge in [0.2, 0.25) is 0 Å². The number of nitrogens with zero attached hydrogens (tertiary/aromatic N) is 4. The van der Waals surface area contributed by atoms with Gasteiger partial charge in [0, 0.05) is 6.20 Å². The van der Waals surface area contributed by atoms with Gasteiger partial charge in [0.15, 0.2) is 5.82 Å². The number of nitrogens with one attached hydrogen (secondary N) is 1. The third-order valence-electron chi connectivity index (χ3n) is 3.14. The molecule has 0 aliphatic heterocycles. The third kappa shape index (κ3) is 3.00. The molecule has 2 N–H and O–H groups in total. The molecule has 0 radical (unpaired) electrons. The van der Waals surface area contributed by atoms with Crippen molar-refractivity contribution in [3.63, 3.8) is 0 Å². The molecule has 0 saturated heterocycles. The second kappa shape index (κ2) is 5.38. The standard InChI is InChI=1S/C13H17N5O2/c1-9(19)13(2,3)17-12(20)10-4-5-11(15-6-10)18-8-14-7-16-18/h4-9,19H,1-3H3,(H,17,20). The molecule has 1 amide bonds. The molecule has 0 aliphatic rings. The topological polar surface area (TPSA) is 92.9 Å². The van der Waals surface area contributed by atoms with Gasteiger partial charge in [-0.05, 0) is 32.9 Å². The molecular weight excluding hydrogens is 258 g/mol. The van der Waals surface area contributed by atoms with Crippen molar-refractivity contribution in [2.45, 2.75) is 32.4 Å². The first kappa shape index (κ1) is 14.1. The molecule has 20 heavy (non-hydrogen) atoms. The summed E-state index contributed by atoms with van der Waals surface area (Å²) in [7, 11) is 0. The number of aliphatic hydroxyl groups excluding tert-OH is 1. The molecule has 2 rings (SSSR count).